The van der Waals surface area contributed by atoms with Crippen molar-refractivity contribution < 1.29 is 29.0 Å². The number of halogens is 1. The highest BCUT2D eigenvalue weighted by Crippen LogP contribution is 2.64. The van der Waals surface area contributed by atoms with E-state index in [0.717, 1.165) is 9.14 Å². The summed E-state index contributed by atoms with van der Waals surface area (Å²) in [5.74, 6) is -3.67. The van der Waals surface area contributed by atoms with Crippen LogP contribution in [-0.4, -0.2) is 41.7 Å². The van der Waals surface area contributed by atoms with E-state index in [1.807, 2.05) is 97.1 Å². The number of anilines is 1. The summed E-state index contributed by atoms with van der Waals surface area (Å²) >= 11 is 2.19. The number of ketones is 2. The fraction of sp³-hybridized carbons (Fsp3) is 0.238. The van der Waals surface area contributed by atoms with E-state index in [4.69, 9.17) is 4.74 Å². The van der Waals surface area contributed by atoms with Gasteiger partial charge < -0.3 is 9.84 Å². The summed E-state index contributed by atoms with van der Waals surface area (Å²) in [7, 11) is 0. The summed E-state index contributed by atoms with van der Waals surface area (Å²) in [6.07, 6.45) is 4.13. The van der Waals surface area contributed by atoms with Crippen LogP contribution in [0, 0.1) is 27.2 Å². The van der Waals surface area contributed by atoms with Crippen molar-refractivity contribution in [2.75, 3.05) is 18.1 Å². The van der Waals surface area contributed by atoms with E-state index in [1.165, 1.54) is 11.0 Å². The lowest BCUT2D eigenvalue weighted by molar-refractivity contribution is -0.135. The third-order valence-corrected chi connectivity index (χ3v) is 11.8. The molecule has 6 atom stereocenters. The predicted molar refractivity (Wildman–Crippen MR) is 197 cm³/mol. The zero-order valence-electron chi connectivity index (χ0n) is 27.1. The van der Waals surface area contributed by atoms with E-state index in [2.05, 4.69) is 28.7 Å². The normalized spacial score (nSPS) is 27.2. The highest BCUT2D eigenvalue weighted by molar-refractivity contribution is 14.1. The van der Waals surface area contributed by atoms with E-state index in [1.54, 1.807) is 12.1 Å². The number of allylic oxidation sites excluding steroid dienone is 4. The number of amides is 2. The Hall–Kier alpha value is -4.67. The number of para-hydroxylation sites is 1. The molecule has 4 aliphatic rings. The maximum atomic E-state index is 15.2. The van der Waals surface area contributed by atoms with Crippen LogP contribution in [0.1, 0.15) is 35.4 Å². The Morgan fingerprint density at radius 3 is 2.20 bits per heavy atom. The molecule has 0 bridgehead atoms. The first-order chi connectivity index (χ1) is 24.4. The number of benzene rings is 4. The van der Waals surface area contributed by atoms with Crippen LogP contribution in [0.15, 0.2) is 127 Å². The lowest BCUT2D eigenvalue weighted by Crippen LogP contribution is -2.58. The SMILES string of the molecule is O=C1C(c2ccccc2)=CC(=O)[C@@]2(c3ccccc3)[C@@H](c3ccccc3OCCO)C3=CC[C@@H]4C(=O)N(c5ccc(I)cc5)C(=O)[C@@H]4[C@@H]3C[C@@H]12. The van der Waals surface area contributed by atoms with Crippen molar-refractivity contribution in [2.45, 2.75) is 24.2 Å². The van der Waals surface area contributed by atoms with Crippen LogP contribution in [0.3, 0.4) is 0 Å². The topological polar surface area (TPSA) is 101 Å². The molecule has 50 heavy (non-hydrogen) atoms. The summed E-state index contributed by atoms with van der Waals surface area (Å²) in [6, 6.07) is 33.5. The molecule has 1 aliphatic heterocycles. The van der Waals surface area contributed by atoms with Crippen molar-refractivity contribution in [3.05, 3.63) is 147 Å². The third kappa shape index (κ3) is 4.94. The zero-order chi connectivity index (χ0) is 34.6. The van der Waals surface area contributed by atoms with E-state index in [-0.39, 0.29) is 43.0 Å². The first-order valence-electron chi connectivity index (χ1n) is 16.9. The molecule has 4 aromatic carbocycles. The van der Waals surface area contributed by atoms with Crippen molar-refractivity contribution in [1.29, 1.82) is 0 Å². The van der Waals surface area contributed by atoms with Gasteiger partial charge in [-0.1, -0.05) is 90.5 Å². The largest absolute Gasteiger partial charge is 0.491 e. The maximum absolute atomic E-state index is 15.2. The number of carbonyl (C=O) groups is 4. The van der Waals surface area contributed by atoms with Gasteiger partial charge in [-0.3, -0.25) is 24.1 Å². The summed E-state index contributed by atoms with van der Waals surface area (Å²) in [4.78, 5) is 60.2. The summed E-state index contributed by atoms with van der Waals surface area (Å²) < 4.78 is 7.11. The second-order valence-electron chi connectivity index (χ2n) is 13.4. The van der Waals surface area contributed by atoms with Crippen LogP contribution in [-0.2, 0) is 24.6 Å². The van der Waals surface area contributed by atoms with Crippen LogP contribution in [0.2, 0.25) is 0 Å². The number of imide groups is 1. The molecule has 7 nitrogen and oxygen atoms in total. The van der Waals surface area contributed by atoms with Crippen molar-refractivity contribution in [3.8, 4) is 5.75 Å². The average molecular weight is 776 g/mol. The van der Waals surface area contributed by atoms with E-state index < -0.39 is 35.0 Å². The minimum atomic E-state index is -1.36. The number of Topliss-reactive ketones (excluding diaryl/α,β-unsaturated/α-hetero) is 1. The second-order valence-corrected chi connectivity index (χ2v) is 14.6. The molecule has 1 saturated carbocycles. The number of fused-ring (bicyclic) bond motifs is 4. The Balaban J connectivity index is 1.36. The van der Waals surface area contributed by atoms with Gasteiger partial charge in [0, 0.05) is 26.5 Å². The summed E-state index contributed by atoms with van der Waals surface area (Å²) in [6.45, 7) is -0.159. The van der Waals surface area contributed by atoms with Crippen LogP contribution in [0.25, 0.3) is 5.57 Å². The predicted octanol–water partition coefficient (Wildman–Crippen LogP) is 6.69. The molecule has 0 unspecified atom stereocenters. The van der Waals surface area contributed by atoms with Gasteiger partial charge in [-0.25, -0.2) is 0 Å². The van der Waals surface area contributed by atoms with Gasteiger partial charge in [-0.05, 0) is 88.9 Å². The van der Waals surface area contributed by atoms with E-state index in [0.29, 0.717) is 40.1 Å². The first kappa shape index (κ1) is 32.5. The van der Waals surface area contributed by atoms with Gasteiger partial charge in [0.1, 0.15) is 12.4 Å². The number of hydrogen-bond donors (Lipinski definition) is 1. The van der Waals surface area contributed by atoms with E-state index in [9.17, 15) is 14.7 Å². The Bertz CT molecular complexity index is 2070. The molecule has 1 heterocycles. The third-order valence-electron chi connectivity index (χ3n) is 11.0. The monoisotopic (exact) mass is 775 g/mol. The molecular formula is C42H34INO6. The standard InChI is InChI=1S/C42H34INO6/c43-27-15-17-28(18-16-27)44-40(48)31-20-19-29-33(37(31)41(44)49)23-34-39(47)32(25-9-3-1-4-10-25)24-36(46)42(34,26-11-5-2-6-12-26)38(29)30-13-7-8-14-35(30)50-22-21-45/h1-19,24,31,33-34,37-38,45H,20-23H2/t31-,33+,34-,37-,38+,42-/m0/s1. The molecule has 0 aromatic heterocycles. The molecule has 8 rings (SSSR count). The number of hydrogen-bond acceptors (Lipinski definition) is 6. The van der Waals surface area contributed by atoms with Crippen LogP contribution in [0.5, 0.6) is 5.75 Å². The summed E-state index contributed by atoms with van der Waals surface area (Å²) in [5, 5.41) is 9.72. The first-order valence-corrected chi connectivity index (χ1v) is 18.0. The Labute approximate surface area is 303 Å². The van der Waals surface area contributed by atoms with Gasteiger partial charge in [-0.15, -0.1) is 0 Å². The quantitative estimate of drug-likeness (QED) is 0.128. The molecular weight excluding hydrogens is 741 g/mol. The fourth-order valence-electron chi connectivity index (χ4n) is 9.07. The molecule has 0 radical (unpaired) electrons. The van der Waals surface area contributed by atoms with Crippen molar-refractivity contribution in [1.82, 2.24) is 0 Å². The highest BCUT2D eigenvalue weighted by atomic mass is 127. The molecule has 4 aromatic rings. The minimum absolute atomic E-state index is 0.0432. The van der Waals surface area contributed by atoms with Crippen LogP contribution >= 0.6 is 22.6 Å². The number of ether oxygens (including phenoxy) is 1. The van der Waals surface area contributed by atoms with Gasteiger partial charge in [0.2, 0.25) is 11.8 Å². The van der Waals surface area contributed by atoms with Gasteiger partial charge >= 0.3 is 0 Å². The molecule has 3 aliphatic carbocycles. The number of carbonyl (C=O) groups excluding carboxylic acids is 4. The number of aliphatic hydroxyl groups excluding tert-OH is 1. The maximum Gasteiger partial charge on any atom is 0.238 e. The Morgan fingerprint density at radius 2 is 1.48 bits per heavy atom. The Morgan fingerprint density at radius 1 is 0.800 bits per heavy atom. The summed E-state index contributed by atoms with van der Waals surface area (Å²) in [5.41, 5.74) is 2.47. The molecule has 2 amide bonds. The van der Waals surface area contributed by atoms with Gasteiger partial charge in [-0.2, -0.15) is 0 Å². The molecule has 8 heteroatoms. The van der Waals surface area contributed by atoms with Gasteiger partial charge in [0.05, 0.1) is 29.5 Å². The molecule has 1 N–H and O–H groups in total. The fourth-order valence-corrected chi connectivity index (χ4v) is 9.43. The zero-order valence-corrected chi connectivity index (χ0v) is 29.2. The highest BCUT2D eigenvalue weighted by Gasteiger charge is 2.66. The number of rotatable bonds is 7. The average Bonchev–Trinajstić information content (AvgIpc) is 3.41. The molecule has 0 spiro atoms. The smallest absolute Gasteiger partial charge is 0.238 e. The van der Waals surface area contributed by atoms with E-state index >= 15 is 9.59 Å². The Kier molecular flexibility index (Phi) is 8.39. The number of nitrogens with zero attached hydrogens (tertiary/aromatic N) is 1. The van der Waals surface area contributed by atoms with Crippen molar-refractivity contribution in [2.24, 2.45) is 23.7 Å². The second kappa shape index (κ2) is 12.9. The van der Waals surface area contributed by atoms with Crippen molar-refractivity contribution >= 4 is 57.2 Å². The molecule has 1 saturated heterocycles. The molecule has 250 valence electrons. The van der Waals surface area contributed by atoms with Crippen molar-refractivity contribution in [3.63, 3.8) is 0 Å². The van der Waals surface area contributed by atoms with Crippen LogP contribution < -0.4 is 9.64 Å². The molecule has 2 fully saturated rings. The number of aliphatic hydroxyl groups is 1. The van der Waals surface area contributed by atoms with Gasteiger partial charge in [0.15, 0.2) is 11.6 Å². The lowest BCUT2D eigenvalue weighted by Gasteiger charge is -2.55. The van der Waals surface area contributed by atoms with Gasteiger partial charge in [0.25, 0.3) is 0 Å². The minimum Gasteiger partial charge on any atom is -0.491 e. The lowest BCUT2D eigenvalue weighted by atomic mass is 9.44. The van der Waals surface area contributed by atoms with Crippen LogP contribution in [0.4, 0.5) is 5.69 Å².